The quantitative estimate of drug-likeness (QED) is 0.149. The van der Waals surface area contributed by atoms with E-state index in [0.717, 1.165) is 93.2 Å². The second-order valence-electron chi connectivity index (χ2n) is 17.7. The Morgan fingerprint density at radius 1 is 0.333 bits per heavy atom. The lowest BCUT2D eigenvalue weighted by Crippen LogP contribution is -2.11. The van der Waals surface area contributed by atoms with Gasteiger partial charge in [0.2, 0.25) is 0 Å². The molecule has 0 unspecified atom stereocenters. The Balaban J connectivity index is 0.948. The van der Waals surface area contributed by atoms with E-state index in [2.05, 4.69) is 150 Å². The first-order chi connectivity index (χ1) is 35.9. The van der Waals surface area contributed by atoms with Crippen LogP contribution in [0.25, 0.3) is 115 Å². The first kappa shape index (κ1) is 35.1. The van der Waals surface area contributed by atoms with E-state index in [1.165, 1.54) is 10.8 Å². The maximum Gasteiger partial charge on any atom is 0.143 e. The topological polar surface area (TPSA) is 21.3 Å². The molecule has 0 saturated carbocycles. The summed E-state index contributed by atoms with van der Waals surface area (Å²) in [6.07, 6.45) is 0. The number of fused-ring (bicyclic) bond motifs is 11. The first-order valence-corrected chi connectivity index (χ1v) is 23.3. The van der Waals surface area contributed by atoms with E-state index in [4.69, 9.17) is 4.42 Å². The number of aromatic nitrogens is 1. The molecule has 12 aromatic carbocycles. The number of furan rings is 1. The molecule has 0 spiro atoms. The van der Waals surface area contributed by atoms with Crippen LogP contribution < -0.4 is 4.90 Å². The van der Waals surface area contributed by atoms with Gasteiger partial charge in [0.05, 0.1) is 22.2 Å². The van der Waals surface area contributed by atoms with Gasteiger partial charge in [0.25, 0.3) is 0 Å². The summed E-state index contributed by atoms with van der Waals surface area (Å²) >= 11 is 0. The van der Waals surface area contributed by atoms with Crippen LogP contribution in [-0.2, 0) is 0 Å². The highest BCUT2D eigenvalue weighted by Gasteiger charge is 2.22. The van der Waals surface area contributed by atoms with Crippen molar-refractivity contribution in [3.63, 3.8) is 0 Å². The molecule has 2 heterocycles. The van der Waals surface area contributed by atoms with Gasteiger partial charge < -0.3 is 13.9 Å². The number of hydrogen-bond acceptors (Lipinski definition) is 2. The SMILES string of the molecule is [2H]c1c([2H])c(N(c2ccc(-c3cccc(-n4c5ccccc5c5ccccc54)c3)cc2)c2ccccc2-c2cccc3c2oc2c4ccccc4ccc32)c([2H])c([2H])c1-c1ccc2c(ccc3ccccc32)c1. The van der Waals surface area contributed by atoms with E-state index in [-0.39, 0.29) is 35.4 Å². The van der Waals surface area contributed by atoms with Crippen LogP contribution >= 0.6 is 0 Å². The van der Waals surface area contributed by atoms with E-state index < -0.39 is 0 Å². The highest BCUT2D eigenvalue weighted by Crippen LogP contribution is 2.46. The molecule has 0 aliphatic heterocycles. The molecule has 3 heteroatoms. The van der Waals surface area contributed by atoms with Gasteiger partial charge in [-0.2, -0.15) is 0 Å². The van der Waals surface area contributed by atoms with Gasteiger partial charge in [-0.15, -0.1) is 0 Å². The molecular formula is C66H42N2O. The van der Waals surface area contributed by atoms with Gasteiger partial charge in [0, 0.05) is 55.1 Å². The molecule has 0 fully saturated rings. The van der Waals surface area contributed by atoms with E-state index in [0.29, 0.717) is 16.9 Å². The van der Waals surface area contributed by atoms with Crippen LogP contribution in [0, 0.1) is 0 Å². The zero-order valence-corrected chi connectivity index (χ0v) is 37.2. The number of nitrogens with zero attached hydrogens (tertiary/aromatic N) is 2. The summed E-state index contributed by atoms with van der Waals surface area (Å²) in [5, 5.41) is 10.8. The van der Waals surface area contributed by atoms with Crippen LogP contribution in [-0.4, -0.2) is 4.57 Å². The Bertz CT molecular complexity index is 4490. The summed E-state index contributed by atoms with van der Waals surface area (Å²) in [5.41, 5.74) is 10.9. The smallest absolute Gasteiger partial charge is 0.143 e. The second-order valence-corrected chi connectivity index (χ2v) is 17.7. The molecule has 69 heavy (non-hydrogen) atoms. The summed E-state index contributed by atoms with van der Waals surface area (Å²) < 4.78 is 48.5. The molecule has 0 saturated heterocycles. The average Bonchev–Trinajstić information content (AvgIpc) is 4.01. The molecule has 0 radical (unpaired) electrons. The van der Waals surface area contributed by atoms with Crippen molar-refractivity contribution < 1.29 is 9.90 Å². The van der Waals surface area contributed by atoms with Crippen molar-refractivity contribution in [3.05, 3.63) is 255 Å². The molecule has 322 valence electrons. The number of benzene rings is 12. The molecule has 0 aliphatic carbocycles. The molecule has 3 nitrogen and oxygen atoms in total. The highest BCUT2D eigenvalue weighted by atomic mass is 16.3. The van der Waals surface area contributed by atoms with Crippen molar-refractivity contribution in [2.45, 2.75) is 0 Å². The average molecular weight is 883 g/mol. The minimum absolute atomic E-state index is 0.122. The van der Waals surface area contributed by atoms with Crippen LogP contribution in [0.5, 0.6) is 0 Å². The Labute approximate surface area is 404 Å². The van der Waals surface area contributed by atoms with Crippen LogP contribution in [0.3, 0.4) is 0 Å². The Morgan fingerprint density at radius 3 is 1.68 bits per heavy atom. The number of hydrogen-bond donors (Lipinski definition) is 0. The maximum absolute atomic E-state index is 9.91. The fraction of sp³-hybridized carbons (Fsp3) is 0. The highest BCUT2D eigenvalue weighted by molar-refractivity contribution is 6.18. The number of rotatable bonds is 7. The lowest BCUT2D eigenvalue weighted by atomic mass is 9.97. The molecule has 0 bridgehead atoms. The Kier molecular flexibility index (Phi) is 7.99. The van der Waals surface area contributed by atoms with Crippen molar-refractivity contribution in [2.75, 3.05) is 4.90 Å². The van der Waals surface area contributed by atoms with Crippen molar-refractivity contribution in [1.82, 2.24) is 4.57 Å². The van der Waals surface area contributed by atoms with Gasteiger partial charge in [0.1, 0.15) is 11.2 Å². The van der Waals surface area contributed by atoms with E-state index in [9.17, 15) is 5.48 Å². The summed E-state index contributed by atoms with van der Waals surface area (Å²) in [4.78, 5) is 1.89. The predicted molar refractivity (Wildman–Crippen MR) is 292 cm³/mol. The standard InChI is InChI=1S/C66H42N2O/c1-3-17-53-45(13-1)27-28-49-41-48(34-39-54(49)53)44-31-37-51(38-32-44)67(62-24-8-7-21-58(62)59-22-12-23-60-61-40-33-46-14-2-4-18-55(46)65(61)69-66(59)60)50-35-29-43(30-36-50)47-15-11-16-52(42-47)68-63-25-9-5-19-56(63)57-20-6-10-26-64(57)68/h1-42H/i31D,32D,37D,38D. The molecule has 2 aromatic heterocycles. The van der Waals surface area contributed by atoms with Crippen LogP contribution in [0.4, 0.5) is 17.1 Å². The van der Waals surface area contributed by atoms with Crippen LogP contribution in [0.15, 0.2) is 259 Å². The predicted octanol–water partition coefficient (Wildman–Crippen LogP) is 18.6. The molecular weight excluding hydrogens is 837 g/mol. The van der Waals surface area contributed by atoms with Crippen molar-refractivity contribution >= 4 is 93.1 Å². The third-order valence-corrected chi connectivity index (χ3v) is 13.8. The van der Waals surface area contributed by atoms with Gasteiger partial charge in [0.15, 0.2) is 0 Å². The molecule has 0 amide bonds. The van der Waals surface area contributed by atoms with Gasteiger partial charge in [-0.05, 0) is 116 Å². The van der Waals surface area contributed by atoms with Gasteiger partial charge in [-0.25, -0.2) is 0 Å². The number of para-hydroxylation sites is 4. The lowest BCUT2D eigenvalue weighted by molar-refractivity contribution is 0.674. The van der Waals surface area contributed by atoms with Crippen molar-refractivity contribution in [2.24, 2.45) is 0 Å². The van der Waals surface area contributed by atoms with Gasteiger partial charge in [-0.1, -0.05) is 188 Å². The zero-order chi connectivity index (χ0) is 48.9. The van der Waals surface area contributed by atoms with E-state index in [1.54, 1.807) is 0 Å². The van der Waals surface area contributed by atoms with E-state index >= 15 is 0 Å². The summed E-state index contributed by atoms with van der Waals surface area (Å²) in [5.74, 6) is 0. The van der Waals surface area contributed by atoms with Crippen molar-refractivity contribution in [1.29, 1.82) is 0 Å². The molecule has 0 aliphatic rings. The Hall–Kier alpha value is -9.18. The fourth-order valence-corrected chi connectivity index (χ4v) is 10.6. The summed E-state index contributed by atoms with van der Waals surface area (Å²) in [7, 11) is 0. The first-order valence-electron chi connectivity index (χ1n) is 25.3. The van der Waals surface area contributed by atoms with Gasteiger partial charge >= 0.3 is 0 Å². The zero-order valence-electron chi connectivity index (χ0n) is 41.2. The second kappa shape index (κ2) is 15.7. The van der Waals surface area contributed by atoms with Crippen LogP contribution in [0.1, 0.15) is 5.48 Å². The minimum atomic E-state index is -0.152. The van der Waals surface area contributed by atoms with Crippen molar-refractivity contribution in [3.8, 4) is 39.1 Å². The third kappa shape index (κ3) is 6.36. The molecule has 14 aromatic rings. The van der Waals surface area contributed by atoms with Crippen LogP contribution in [0.2, 0.25) is 0 Å². The minimum Gasteiger partial charge on any atom is -0.455 e. The summed E-state index contributed by atoms with van der Waals surface area (Å²) in [6, 6.07) is 78.2. The fourth-order valence-electron chi connectivity index (χ4n) is 10.6. The molecule has 0 atom stereocenters. The maximum atomic E-state index is 9.91. The molecule has 0 N–H and O–H groups in total. The Morgan fingerprint density at radius 2 is 0.884 bits per heavy atom. The third-order valence-electron chi connectivity index (χ3n) is 13.8. The monoisotopic (exact) mass is 882 g/mol. The van der Waals surface area contributed by atoms with E-state index in [1.807, 2.05) is 89.8 Å². The lowest BCUT2D eigenvalue weighted by Gasteiger charge is -2.28. The number of anilines is 3. The molecule has 14 rings (SSSR count). The largest absolute Gasteiger partial charge is 0.455 e. The van der Waals surface area contributed by atoms with Gasteiger partial charge in [-0.3, -0.25) is 0 Å². The summed E-state index contributed by atoms with van der Waals surface area (Å²) in [6.45, 7) is 0. The normalized spacial score (nSPS) is 12.6.